The molecular weight excluding hydrogens is 381 g/mol. The Morgan fingerprint density at radius 3 is 2.69 bits per heavy atom. The lowest BCUT2D eigenvalue weighted by molar-refractivity contribution is -0.0529. The maximum absolute atomic E-state index is 14.5. The molecule has 2 atom stereocenters. The maximum Gasteiger partial charge on any atom is 0.266 e. The summed E-state index contributed by atoms with van der Waals surface area (Å²) in [6.45, 7) is 3.60. The van der Waals surface area contributed by atoms with Crippen LogP contribution in [-0.4, -0.2) is 47.2 Å². The number of hydrogen-bond donors (Lipinski definition) is 1. The van der Waals surface area contributed by atoms with Crippen molar-refractivity contribution < 1.29 is 17.9 Å². The van der Waals surface area contributed by atoms with Crippen molar-refractivity contribution in [1.29, 1.82) is 0 Å². The van der Waals surface area contributed by atoms with Crippen LogP contribution in [0, 0.1) is 5.82 Å². The summed E-state index contributed by atoms with van der Waals surface area (Å²) in [7, 11) is 1.73. The molecule has 4 rings (SSSR count). The standard InChI is InChI=1S/C21H25F3N4O/c1-12(15-4-3-5-16(19(15)22)20(23)24)27-21-17-8-13(28-9-14(10-28)29-2)6-7-18(17)25-11-26-21/h3-5,11-14,20H,6-10H2,1-2H3,(H,25,26,27)/t12-,13-/m1/s1. The zero-order valence-corrected chi connectivity index (χ0v) is 16.5. The van der Waals surface area contributed by atoms with E-state index in [0.29, 0.717) is 18.0 Å². The number of nitrogens with zero attached hydrogens (tertiary/aromatic N) is 3. The number of aromatic nitrogens is 2. The van der Waals surface area contributed by atoms with E-state index in [-0.39, 0.29) is 5.56 Å². The van der Waals surface area contributed by atoms with Crippen LogP contribution in [0.5, 0.6) is 0 Å². The second kappa shape index (κ2) is 8.28. The van der Waals surface area contributed by atoms with Crippen molar-refractivity contribution in [2.45, 2.75) is 50.8 Å². The molecule has 0 amide bonds. The fraction of sp³-hybridized carbons (Fsp3) is 0.524. The largest absolute Gasteiger partial charge is 0.379 e. The van der Waals surface area contributed by atoms with Gasteiger partial charge in [0.1, 0.15) is 18.0 Å². The summed E-state index contributed by atoms with van der Waals surface area (Å²) in [4.78, 5) is 11.2. The van der Waals surface area contributed by atoms with Crippen LogP contribution in [0.1, 0.15) is 48.2 Å². The molecule has 0 unspecified atom stereocenters. The van der Waals surface area contributed by atoms with Crippen molar-refractivity contribution in [3.8, 4) is 0 Å². The number of aryl methyl sites for hydroxylation is 1. The fourth-order valence-corrected chi connectivity index (χ4v) is 4.23. The van der Waals surface area contributed by atoms with Crippen molar-refractivity contribution in [3.63, 3.8) is 0 Å². The number of alkyl halides is 2. The Morgan fingerprint density at radius 2 is 1.97 bits per heavy atom. The molecule has 0 bridgehead atoms. The minimum atomic E-state index is -2.85. The topological polar surface area (TPSA) is 50.3 Å². The SMILES string of the molecule is COC1CN([C@@H]2CCc3ncnc(N[C@H](C)c4cccc(C(F)F)c4F)c3C2)C1. The highest BCUT2D eigenvalue weighted by Gasteiger charge is 2.35. The maximum atomic E-state index is 14.5. The van der Waals surface area contributed by atoms with Crippen LogP contribution in [0.15, 0.2) is 24.5 Å². The van der Waals surface area contributed by atoms with E-state index in [2.05, 4.69) is 20.2 Å². The van der Waals surface area contributed by atoms with Gasteiger partial charge in [0, 0.05) is 43.1 Å². The van der Waals surface area contributed by atoms with Crippen LogP contribution >= 0.6 is 0 Å². The van der Waals surface area contributed by atoms with Crippen LogP contribution in [0.2, 0.25) is 0 Å². The predicted molar refractivity (Wildman–Crippen MR) is 104 cm³/mol. The highest BCUT2D eigenvalue weighted by molar-refractivity contribution is 5.49. The molecule has 8 heteroatoms. The van der Waals surface area contributed by atoms with Gasteiger partial charge in [-0.3, -0.25) is 4.90 Å². The Hall–Kier alpha value is -2.19. The first kappa shape index (κ1) is 20.1. The second-order valence-corrected chi connectivity index (χ2v) is 7.77. The molecule has 0 saturated carbocycles. The average Bonchev–Trinajstić information content (AvgIpc) is 2.67. The average molecular weight is 406 g/mol. The smallest absolute Gasteiger partial charge is 0.266 e. The third kappa shape index (κ3) is 3.96. The Morgan fingerprint density at radius 1 is 1.21 bits per heavy atom. The molecule has 0 radical (unpaired) electrons. The van der Waals surface area contributed by atoms with E-state index in [1.165, 1.54) is 18.5 Å². The first-order valence-corrected chi connectivity index (χ1v) is 9.90. The molecule has 1 N–H and O–H groups in total. The Kier molecular flexibility index (Phi) is 5.74. The number of benzene rings is 1. The van der Waals surface area contributed by atoms with Gasteiger partial charge in [0.25, 0.3) is 6.43 Å². The van der Waals surface area contributed by atoms with Crippen LogP contribution in [0.25, 0.3) is 0 Å². The molecule has 2 aromatic rings. The first-order valence-electron chi connectivity index (χ1n) is 9.90. The van der Waals surface area contributed by atoms with Gasteiger partial charge in [-0.2, -0.15) is 0 Å². The van der Waals surface area contributed by atoms with Crippen molar-refractivity contribution in [1.82, 2.24) is 14.9 Å². The first-order chi connectivity index (χ1) is 14.0. The normalized spacial score (nSPS) is 21.0. The number of rotatable bonds is 6. The molecule has 1 aliphatic carbocycles. The molecular formula is C21H25F3N4O. The molecule has 29 heavy (non-hydrogen) atoms. The van der Waals surface area contributed by atoms with Gasteiger partial charge in [-0.15, -0.1) is 0 Å². The zero-order valence-electron chi connectivity index (χ0n) is 16.5. The van der Waals surface area contributed by atoms with Crippen LogP contribution in [-0.2, 0) is 17.6 Å². The van der Waals surface area contributed by atoms with Gasteiger partial charge in [-0.25, -0.2) is 23.1 Å². The minimum Gasteiger partial charge on any atom is -0.379 e. The predicted octanol–water partition coefficient (Wildman–Crippen LogP) is 3.91. The molecule has 2 aliphatic rings. The summed E-state index contributed by atoms with van der Waals surface area (Å²) < 4.78 is 46.0. The van der Waals surface area contributed by atoms with Gasteiger partial charge in [-0.1, -0.05) is 18.2 Å². The quantitative estimate of drug-likeness (QED) is 0.788. The van der Waals surface area contributed by atoms with Gasteiger partial charge in [0.05, 0.1) is 17.7 Å². The second-order valence-electron chi connectivity index (χ2n) is 7.77. The molecule has 1 aliphatic heterocycles. The number of halogens is 3. The molecule has 1 saturated heterocycles. The summed E-state index contributed by atoms with van der Waals surface area (Å²) in [5.74, 6) is -0.215. The van der Waals surface area contributed by atoms with Crippen molar-refractivity contribution in [2.24, 2.45) is 0 Å². The minimum absolute atomic E-state index is 0.202. The molecule has 5 nitrogen and oxygen atoms in total. The number of fused-ring (bicyclic) bond motifs is 1. The summed E-state index contributed by atoms with van der Waals surface area (Å²) in [6.07, 6.45) is 1.65. The van der Waals surface area contributed by atoms with E-state index in [1.54, 1.807) is 14.0 Å². The van der Waals surface area contributed by atoms with E-state index >= 15 is 0 Å². The van der Waals surface area contributed by atoms with Crippen LogP contribution in [0.4, 0.5) is 19.0 Å². The monoisotopic (exact) mass is 406 g/mol. The van der Waals surface area contributed by atoms with Gasteiger partial charge >= 0.3 is 0 Å². The summed E-state index contributed by atoms with van der Waals surface area (Å²) in [5.41, 5.74) is 1.65. The number of methoxy groups -OCH3 is 1. The van der Waals surface area contributed by atoms with Gasteiger partial charge < -0.3 is 10.1 Å². The molecule has 1 aromatic carbocycles. The lowest BCUT2D eigenvalue weighted by Gasteiger charge is -2.45. The van der Waals surface area contributed by atoms with Crippen LogP contribution in [0.3, 0.4) is 0 Å². The molecule has 1 aromatic heterocycles. The summed E-state index contributed by atoms with van der Waals surface area (Å²) in [6, 6.07) is 4.00. The third-order valence-electron chi connectivity index (χ3n) is 6.03. The third-order valence-corrected chi connectivity index (χ3v) is 6.03. The van der Waals surface area contributed by atoms with E-state index in [0.717, 1.165) is 49.7 Å². The van der Waals surface area contributed by atoms with Crippen LogP contribution < -0.4 is 5.32 Å². The molecule has 2 heterocycles. The highest BCUT2D eigenvalue weighted by atomic mass is 19.3. The van der Waals surface area contributed by atoms with E-state index in [9.17, 15) is 13.2 Å². The van der Waals surface area contributed by atoms with E-state index in [1.807, 2.05) is 0 Å². The van der Waals surface area contributed by atoms with Crippen molar-refractivity contribution in [3.05, 3.63) is 52.7 Å². The Labute approximate surface area is 168 Å². The van der Waals surface area contributed by atoms with E-state index in [4.69, 9.17) is 4.74 Å². The van der Waals surface area contributed by atoms with Crippen molar-refractivity contribution >= 4 is 5.82 Å². The lowest BCUT2D eigenvalue weighted by atomic mass is 9.89. The number of nitrogens with one attached hydrogen (secondary N) is 1. The Balaban J connectivity index is 1.53. The highest BCUT2D eigenvalue weighted by Crippen LogP contribution is 2.33. The number of ether oxygens (including phenoxy) is 1. The molecule has 0 spiro atoms. The number of anilines is 1. The fourth-order valence-electron chi connectivity index (χ4n) is 4.23. The lowest BCUT2D eigenvalue weighted by Crippen LogP contribution is -2.57. The van der Waals surface area contributed by atoms with E-state index < -0.39 is 23.8 Å². The zero-order chi connectivity index (χ0) is 20.5. The number of likely N-dealkylation sites (tertiary alicyclic amines) is 1. The van der Waals surface area contributed by atoms with Gasteiger partial charge in [-0.05, 0) is 26.2 Å². The van der Waals surface area contributed by atoms with Gasteiger partial charge in [0.2, 0.25) is 0 Å². The summed E-state index contributed by atoms with van der Waals surface area (Å²) in [5, 5.41) is 3.23. The molecule has 1 fully saturated rings. The number of hydrogen-bond acceptors (Lipinski definition) is 5. The molecule has 156 valence electrons. The summed E-state index contributed by atoms with van der Waals surface area (Å²) >= 11 is 0. The Bertz CT molecular complexity index is 873. The van der Waals surface area contributed by atoms with Crippen molar-refractivity contribution in [2.75, 3.05) is 25.5 Å². The van der Waals surface area contributed by atoms with Gasteiger partial charge in [0.15, 0.2) is 0 Å².